The molecule has 0 aliphatic heterocycles. The molecule has 21 heavy (non-hydrogen) atoms. The fraction of sp³-hybridized carbons (Fsp3) is 0.250. The van der Waals surface area contributed by atoms with Crippen molar-refractivity contribution in [1.29, 1.82) is 0 Å². The highest BCUT2D eigenvalue weighted by molar-refractivity contribution is 7.89. The fourth-order valence-corrected chi connectivity index (χ4v) is 4.21. The number of hydrogen-bond donors (Lipinski definition) is 1. The van der Waals surface area contributed by atoms with Gasteiger partial charge in [-0.15, -0.1) is 11.3 Å². The van der Waals surface area contributed by atoms with Crippen LogP contribution in [0.2, 0.25) is 10.0 Å². The molecule has 0 spiro atoms. The summed E-state index contributed by atoms with van der Waals surface area (Å²) in [6.07, 6.45) is 0. The third-order valence-electron chi connectivity index (χ3n) is 2.83. The van der Waals surface area contributed by atoms with E-state index in [1.165, 1.54) is 30.5 Å². The number of nitrogens with zero attached hydrogens (tertiary/aromatic N) is 2. The number of rotatable bonds is 5. The van der Waals surface area contributed by atoms with E-state index in [2.05, 4.69) is 4.98 Å². The molecule has 0 radical (unpaired) electrons. The Bertz CT molecular complexity index is 733. The molecule has 0 aliphatic carbocycles. The molecule has 2 rings (SSSR count). The Hall–Kier alpha value is -0.700. The Morgan fingerprint density at radius 1 is 1.33 bits per heavy atom. The normalized spacial score (nSPS) is 12.0. The highest BCUT2D eigenvalue weighted by Crippen LogP contribution is 2.30. The van der Waals surface area contributed by atoms with Crippen LogP contribution in [-0.4, -0.2) is 29.9 Å². The molecule has 0 saturated heterocycles. The van der Waals surface area contributed by atoms with Gasteiger partial charge in [0.2, 0.25) is 10.0 Å². The molecule has 0 fully saturated rings. The number of aromatic nitrogens is 1. The van der Waals surface area contributed by atoms with Crippen LogP contribution in [0.4, 0.5) is 0 Å². The Morgan fingerprint density at radius 2 is 2.05 bits per heavy atom. The summed E-state index contributed by atoms with van der Waals surface area (Å²) in [5.41, 5.74) is 2.59. The third kappa shape index (κ3) is 3.56. The molecule has 9 heteroatoms. The molecule has 1 aromatic heterocycles. The molecule has 0 unspecified atom stereocenters. The lowest BCUT2D eigenvalue weighted by molar-refractivity contribution is 0.281. The average Bonchev–Trinajstić information content (AvgIpc) is 2.91. The van der Waals surface area contributed by atoms with Crippen LogP contribution in [0.15, 0.2) is 27.9 Å². The molecular weight excluding hydrogens is 355 g/mol. The van der Waals surface area contributed by atoms with Gasteiger partial charge in [-0.1, -0.05) is 23.2 Å². The van der Waals surface area contributed by atoms with E-state index < -0.39 is 10.0 Å². The van der Waals surface area contributed by atoms with Gasteiger partial charge in [-0.05, 0) is 17.7 Å². The third-order valence-corrected chi connectivity index (χ3v) is 6.08. The van der Waals surface area contributed by atoms with Crippen LogP contribution in [0.25, 0.3) is 0 Å². The molecule has 1 aromatic carbocycles. The van der Waals surface area contributed by atoms with Crippen molar-refractivity contribution in [2.24, 2.45) is 0 Å². The Morgan fingerprint density at radius 3 is 2.62 bits per heavy atom. The largest absolute Gasteiger partial charge is 0.392 e. The molecule has 0 aliphatic rings. The maximum absolute atomic E-state index is 12.6. The van der Waals surface area contributed by atoms with Crippen molar-refractivity contribution in [3.63, 3.8) is 0 Å². The SMILES string of the molecule is CN(Cc1cscn1)S(=O)(=O)c1cc(CO)c(Cl)cc1Cl. The number of aliphatic hydroxyl groups excluding tert-OH is 1. The average molecular weight is 367 g/mol. The number of sulfonamides is 1. The minimum atomic E-state index is -3.80. The predicted octanol–water partition coefficient (Wildman–Crippen LogP) is 2.76. The lowest BCUT2D eigenvalue weighted by Gasteiger charge is -2.18. The molecule has 5 nitrogen and oxygen atoms in total. The van der Waals surface area contributed by atoms with Crippen molar-refractivity contribution in [3.05, 3.63) is 44.3 Å². The van der Waals surface area contributed by atoms with Crippen LogP contribution < -0.4 is 0 Å². The quantitative estimate of drug-likeness (QED) is 0.882. The second-order valence-corrected chi connectivity index (χ2v) is 7.82. The van der Waals surface area contributed by atoms with Gasteiger partial charge in [0, 0.05) is 17.5 Å². The summed E-state index contributed by atoms with van der Waals surface area (Å²) in [6.45, 7) is -0.229. The van der Waals surface area contributed by atoms with E-state index in [1.54, 1.807) is 10.9 Å². The number of hydrogen-bond acceptors (Lipinski definition) is 5. The van der Waals surface area contributed by atoms with Crippen LogP contribution in [0, 0.1) is 0 Å². The smallest absolute Gasteiger partial charge is 0.244 e. The summed E-state index contributed by atoms with van der Waals surface area (Å²) in [5.74, 6) is 0. The van der Waals surface area contributed by atoms with Gasteiger partial charge < -0.3 is 5.11 Å². The molecule has 1 heterocycles. The minimum Gasteiger partial charge on any atom is -0.392 e. The summed E-state index contributed by atoms with van der Waals surface area (Å²) >= 11 is 13.3. The molecule has 0 bridgehead atoms. The van der Waals surface area contributed by atoms with Crippen molar-refractivity contribution < 1.29 is 13.5 Å². The molecule has 114 valence electrons. The molecule has 2 aromatic rings. The summed E-state index contributed by atoms with van der Waals surface area (Å²) < 4.78 is 26.3. The molecule has 0 amide bonds. The summed E-state index contributed by atoms with van der Waals surface area (Å²) in [7, 11) is -2.36. The van der Waals surface area contributed by atoms with Gasteiger partial charge >= 0.3 is 0 Å². The lowest BCUT2D eigenvalue weighted by Crippen LogP contribution is -2.27. The molecule has 0 saturated carbocycles. The summed E-state index contributed by atoms with van der Waals surface area (Å²) in [6, 6.07) is 2.61. The first-order valence-electron chi connectivity index (χ1n) is 5.78. The second-order valence-electron chi connectivity index (χ2n) is 4.27. The maximum Gasteiger partial charge on any atom is 0.244 e. The first kappa shape index (κ1) is 16.7. The highest BCUT2D eigenvalue weighted by Gasteiger charge is 2.25. The van der Waals surface area contributed by atoms with Gasteiger partial charge in [-0.2, -0.15) is 4.31 Å². The van der Waals surface area contributed by atoms with Gasteiger partial charge in [0.15, 0.2) is 0 Å². The molecule has 0 atom stereocenters. The maximum atomic E-state index is 12.6. The zero-order chi connectivity index (χ0) is 15.6. The van der Waals surface area contributed by atoms with Gasteiger partial charge in [0.25, 0.3) is 0 Å². The van der Waals surface area contributed by atoms with Gasteiger partial charge in [0.1, 0.15) is 4.90 Å². The minimum absolute atomic E-state index is 0.0160. The lowest BCUT2D eigenvalue weighted by atomic mass is 10.2. The van der Waals surface area contributed by atoms with Crippen molar-refractivity contribution in [1.82, 2.24) is 9.29 Å². The van der Waals surface area contributed by atoms with E-state index in [0.29, 0.717) is 11.3 Å². The Labute approximate surface area is 136 Å². The number of thiazole rings is 1. The molecule has 1 N–H and O–H groups in total. The van der Waals surface area contributed by atoms with Gasteiger partial charge in [-0.25, -0.2) is 13.4 Å². The van der Waals surface area contributed by atoms with E-state index in [-0.39, 0.29) is 28.1 Å². The predicted molar refractivity (Wildman–Crippen MR) is 83.2 cm³/mol. The van der Waals surface area contributed by atoms with Crippen LogP contribution >= 0.6 is 34.5 Å². The van der Waals surface area contributed by atoms with Crippen molar-refractivity contribution in [2.45, 2.75) is 18.0 Å². The first-order chi connectivity index (χ1) is 9.86. The highest BCUT2D eigenvalue weighted by atomic mass is 35.5. The van der Waals surface area contributed by atoms with E-state index in [0.717, 1.165) is 4.31 Å². The summed E-state index contributed by atoms with van der Waals surface area (Å²) in [5, 5.41) is 11.2. The van der Waals surface area contributed by atoms with E-state index in [9.17, 15) is 13.5 Å². The number of aliphatic hydroxyl groups is 1. The number of benzene rings is 1. The van der Waals surface area contributed by atoms with Gasteiger partial charge in [0.05, 0.1) is 29.4 Å². The molecular formula is C12H12Cl2N2O3S2. The van der Waals surface area contributed by atoms with E-state index in [1.807, 2.05) is 0 Å². The van der Waals surface area contributed by atoms with Crippen LogP contribution in [0.5, 0.6) is 0 Å². The summed E-state index contributed by atoms with van der Waals surface area (Å²) in [4.78, 5) is 3.96. The fourth-order valence-electron chi connectivity index (χ4n) is 1.69. The van der Waals surface area contributed by atoms with E-state index >= 15 is 0 Å². The number of halogens is 2. The topological polar surface area (TPSA) is 70.5 Å². The van der Waals surface area contributed by atoms with Crippen LogP contribution in [-0.2, 0) is 23.2 Å². The van der Waals surface area contributed by atoms with Crippen molar-refractivity contribution in [2.75, 3.05) is 7.05 Å². The monoisotopic (exact) mass is 366 g/mol. The van der Waals surface area contributed by atoms with Crippen LogP contribution in [0.1, 0.15) is 11.3 Å². The van der Waals surface area contributed by atoms with Crippen molar-refractivity contribution in [3.8, 4) is 0 Å². The van der Waals surface area contributed by atoms with Crippen molar-refractivity contribution >= 4 is 44.6 Å². The first-order valence-corrected chi connectivity index (χ1v) is 8.92. The zero-order valence-corrected chi connectivity index (χ0v) is 14.1. The van der Waals surface area contributed by atoms with E-state index in [4.69, 9.17) is 23.2 Å². The Kier molecular flexibility index (Phi) is 5.24. The van der Waals surface area contributed by atoms with Gasteiger partial charge in [-0.3, -0.25) is 0 Å². The second kappa shape index (κ2) is 6.60. The standard InChI is InChI=1S/C12H12Cl2N2O3S2/c1-16(4-9-6-20-7-15-9)21(18,19)12-2-8(5-17)10(13)3-11(12)14/h2-3,6-7,17H,4-5H2,1H3. The zero-order valence-electron chi connectivity index (χ0n) is 11.0. The van der Waals surface area contributed by atoms with Crippen LogP contribution in [0.3, 0.4) is 0 Å². The Balaban J connectivity index is 2.39.